The minimum atomic E-state index is -0.824. The Labute approximate surface area is 160 Å². The van der Waals surface area contributed by atoms with Gasteiger partial charge in [-0.05, 0) is 43.7 Å². The minimum Gasteiger partial charge on any atom is -0.491 e. The maximum atomic E-state index is 12.0. The first kappa shape index (κ1) is 19.3. The Kier molecular flexibility index (Phi) is 6.42. The van der Waals surface area contributed by atoms with Crippen LogP contribution in [0.1, 0.15) is 31.1 Å². The van der Waals surface area contributed by atoms with E-state index in [1.165, 1.54) is 0 Å². The normalized spacial score (nSPS) is 17.0. The SMILES string of the molecule is CC(C)Oc1cccc([C@@H](C(=O)O)N2CCN(Cc3ccccn3)CC2)c1. The molecule has 1 saturated heterocycles. The summed E-state index contributed by atoms with van der Waals surface area (Å²) in [6.07, 6.45) is 1.86. The van der Waals surface area contributed by atoms with Crippen molar-refractivity contribution in [2.24, 2.45) is 0 Å². The highest BCUT2D eigenvalue weighted by Crippen LogP contribution is 2.26. The number of carboxylic acid groups (broad SMARTS) is 1. The van der Waals surface area contributed by atoms with E-state index in [0.717, 1.165) is 30.9 Å². The predicted octanol–water partition coefficient (Wildman–Crippen LogP) is 2.81. The Morgan fingerprint density at radius 3 is 2.56 bits per heavy atom. The molecule has 0 radical (unpaired) electrons. The second-order valence-electron chi connectivity index (χ2n) is 7.11. The molecule has 1 fully saturated rings. The summed E-state index contributed by atoms with van der Waals surface area (Å²) in [5.74, 6) is -0.114. The number of hydrogen-bond donors (Lipinski definition) is 1. The van der Waals surface area contributed by atoms with E-state index in [4.69, 9.17) is 4.74 Å². The zero-order valence-electron chi connectivity index (χ0n) is 15.9. The maximum absolute atomic E-state index is 12.0. The van der Waals surface area contributed by atoms with Gasteiger partial charge in [-0.2, -0.15) is 0 Å². The van der Waals surface area contributed by atoms with Gasteiger partial charge in [0.05, 0.1) is 11.8 Å². The third-order valence-electron chi connectivity index (χ3n) is 4.66. The third kappa shape index (κ3) is 5.28. The number of benzene rings is 1. The van der Waals surface area contributed by atoms with E-state index in [0.29, 0.717) is 18.8 Å². The zero-order valence-corrected chi connectivity index (χ0v) is 15.9. The van der Waals surface area contributed by atoms with Crippen molar-refractivity contribution in [1.29, 1.82) is 0 Å². The van der Waals surface area contributed by atoms with E-state index in [2.05, 4.69) is 9.88 Å². The number of aromatic nitrogens is 1. The minimum absolute atomic E-state index is 0.0543. The summed E-state index contributed by atoms with van der Waals surface area (Å²) in [5, 5.41) is 9.85. The van der Waals surface area contributed by atoms with Crippen LogP contribution in [-0.4, -0.2) is 58.1 Å². The number of carboxylic acids is 1. The van der Waals surface area contributed by atoms with Gasteiger partial charge in [0.2, 0.25) is 0 Å². The van der Waals surface area contributed by atoms with E-state index in [1.54, 1.807) is 6.20 Å². The van der Waals surface area contributed by atoms with E-state index in [-0.39, 0.29) is 6.10 Å². The van der Waals surface area contributed by atoms with Crippen LogP contribution in [0.4, 0.5) is 0 Å². The quantitative estimate of drug-likeness (QED) is 0.810. The molecule has 1 aliphatic rings. The smallest absolute Gasteiger partial charge is 0.325 e. The number of hydrogen-bond acceptors (Lipinski definition) is 5. The molecule has 1 aromatic carbocycles. The second kappa shape index (κ2) is 8.97. The number of carbonyl (C=O) groups is 1. The number of rotatable bonds is 7. The Balaban J connectivity index is 1.66. The molecule has 3 rings (SSSR count). The summed E-state index contributed by atoms with van der Waals surface area (Å²) >= 11 is 0. The Morgan fingerprint density at radius 1 is 1.15 bits per heavy atom. The average molecular weight is 369 g/mol. The van der Waals surface area contributed by atoms with Gasteiger partial charge in [-0.1, -0.05) is 18.2 Å². The molecule has 0 amide bonds. The highest BCUT2D eigenvalue weighted by molar-refractivity contribution is 5.75. The van der Waals surface area contributed by atoms with Crippen LogP contribution < -0.4 is 4.74 Å². The molecule has 0 bridgehead atoms. The lowest BCUT2D eigenvalue weighted by molar-refractivity contribution is -0.144. The predicted molar refractivity (Wildman–Crippen MR) is 104 cm³/mol. The van der Waals surface area contributed by atoms with Crippen molar-refractivity contribution < 1.29 is 14.6 Å². The molecule has 0 aliphatic carbocycles. The summed E-state index contributed by atoms with van der Waals surface area (Å²) in [6.45, 7) is 7.78. The highest BCUT2D eigenvalue weighted by atomic mass is 16.5. The maximum Gasteiger partial charge on any atom is 0.325 e. The van der Waals surface area contributed by atoms with Crippen LogP contribution in [0, 0.1) is 0 Å². The Morgan fingerprint density at radius 2 is 1.93 bits per heavy atom. The topological polar surface area (TPSA) is 65.9 Å². The lowest BCUT2D eigenvalue weighted by Crippen LogP contribution is -2.48. The van der Waals surface area contributed by atoms with Crippen molar-refractivity contribution in [3.8, 4) is 5.75 Å². The number of pyridine rings is 1. The van der Waals surface area contributed by atoms with Crippen molar-refractivity contribution in [3.63, 3.8) is 0 Å². The molecule has 1 atom stereocenters. The van der Waals surface area contributed by atoms with E-state index in [1.807, 2.05) is 61.2 Å². The zero-order chi connectivity index (χ0) is 19.2. The van der Waals surface area contributed by atoms with Crippen LogP contribution >= 0.6 is 0 Å². The van der Waals surface area contributed by atoms with Crippen LogP contribution in [0.3, 0.4) is 0 Å². The lowest BCUT2D eigenvalue weighted by atomic mass is 10.0. The van der Waals surface area contributed by atoms with Crippen LogP contribution in [0.25, 0.3) is 0 Å². The molecule has 6 heteroatoms. The van der Waals surface area contributed by atoms with Crippen LogP contribution in [0.2, 0.25) is 0 Å². The van der Waals surface area contributed by atoms with Gasteiger partial charge in [-0.15, -0.1) is 0 Å². The molecule has 0 saturated carbocycles. The largest absolute Gasteiger partial charge is 0.491 e. The fraction of sp³-hybridized carbons (Fsp3) is 0.429. The molecule has 27 heavy (non-hydrogen) atoms. The average Bonchev–Trinajstić information content (AvgIpc) is 2.64. The first-order chi connectivity index (χ1) is 13.0. The molecule has 6 nitrogen and oxygen atoms in total. The van der Waals surface area contributed by atoms with Crippen molar-refractivity contribution >= 4 is 5.97 Å². The van der Waals surface area contributed by atoms with Gasteiger partial charge in [0, 0.05) is 38.9 Å². The van der Waals surface area contributed by atoms with Crippen LogP contribution in [-0.2, 0) is 11.3 Å². The first-order valence-corrected chi connectivity index (χ1v) is 9.38. The number of nitrogens with zero attached hydrogens (tertiary/aromatic N) is 3. The molecule has 1 N–H and O–H groups in total. The van der Waals surface area contributed by atoms with Gasteiger partial charge >= 0.3 is 5.97 Å². The molecule has 2 heterocycles. The first-order valence-electron chi connectivity index (χ1n) is 9.38. The Hall–Kier alpha value is -2.44. The van der Waals surface area contributed by atoms with E-state index < -0.39 is 12.0 Å². The summed E-state index contributed by atoms with van der Waals surface area (Å²) in [5.41, 5.74) is 1.80. The second-order valence-corrected chi connectivity index (χ2v) is 7.11. The van der Waals surface area contributed by atoms with Gasteiger partial charge in [-0.3, -0.25) is 19.6 Å². The van der Waals surface area contributed by atoms with Crippen molar-refractivity contribution in [1.82, 2.24) is 14.8 Å². The van der Waals surface area contributed by atoms with Crippen molar-refractivity contribution in [2.45, 2.75) is 32.5 Å². The van der Waals surface area contributed by atoms with Gasteiger partial charge in [-0.25, -0.2) is 0 Å². The third-order valence-corrected chi connectivity index (χ3v) is 4.66. The van der Waals surface area contributed by atoms with Crippen LogP contribution in [0.15, 0.2) is 48.7 Å². The monoisotopic (exact) mass is 369 g/mol. The highest BCUT2D eigenvalue weighted by Gasteiger charge is 2.30. The van der Waals surface area contributed by atoms with Crippen LogP contribution in [0.5, 0.6) is 5.75 Å². The molecular formula is C21H27N3O3. The van der Waals surface area contributed by atoms with E-state index >= 15 is 0 Å². The van der Waals surface area contributed by atoms with Crippen molar-refractivity contribution in [2.75, 3.05) is 26.2 Å². The summed E-state index contributed by atoms with van der Waals surface area (Å²) in [4.78, 5) is 20.7. The van der Waals surface area contributed by atoms with Gasteiger partial charge in [0.1, 0.15) is 11.8 Å². The fourth-order valence-electron chi connectivity index (χ4n) is 3.44. The summed E-state index contributed by atoms with van der Waals surface area (Å²) in [6, 6.07) is 12.7. The summed E-state index contributed by atoms with van der Waals surface area (Å²) in [7, 11) is 0. The van der Waals surface area contributed by atoms with Crippen molar-refractivity contribution in [3.05, 3.63) is 59.9 Å². The van der Waals surface area contributed by atoms with E-state index in [9.17, 15) is 9.90 Å². The van der Waals surface area contributed by atoms with Gasteiger partial charge in [0.25, 0.3) is 0 Å². The fourth-order valence-corrected chi connectivity index (χ4v) is 3.44. The summed E-state index contributed by atoms with van der Waals surface area (Å²) < 4.78 is 5.73. The van der Waals surface area contributed by atoms with Gasteiger partial charge < -0.3 is 9.84 Å². The van der Waals surface area contributed by atoms with Gasteiger partial charge in [0.15, 0.2) is 0 Å². The molecule has 1 aromatic heterocycles. The molecule has 2 aromatic rings. The Bertz CT molecular complexity index is 743. The standard InChI is InChI=1S/C21H27N3O3/c1-16(2)27-19-8-5-6-17(14-19)20(21(25)26)24-12-10-23(11-13-24)15-18-7-3-4-9-22-18/h3-9,14,16,20H,10-13,15H2,1-2H3,(H,25,26)/t20-/m0/s1. The molecule has 1 aliphatic heterocycles. The number of aliphatic carboxylic acids is 1. The molecular weight excluding hydrogens is 342 g/mol. The lowest BCUT2D eigenvalue weighted by Gasteiger charge is -2.37. The molecule has 0 spiro atoms. The molecule has 144 valence electrons. The number of ether oxygens (including phenoxy) is 1. The number of piperazine rings is 1. The molecule has 0 unspecified atom stereocenters.